The Morgan fingerprint density at radius 1 is 1.50 bits per heavy atom. The van der Waals surface area contributed by atoms with E-state index in [1.807, 2.05) is 0 Å². The van der Waals surface area contributed by atoms with Crippen molar-refractivity contribution >= 4 is 34.9 Å². The third-order valence-electron chi connectivity index (χ3n) is 2.43. The van der Waals surface area contributed by atoms with Crippen molar-refractivity contribution in [3.8, 4) is 12.3 Å². The molecule has 1 saturated heterocycles. The predicted molar refractivity (Wildman–Crippen MR) is 63.6 cm³/mol. The van der Waals surface area contributed by atoms with Crippen LogP contribution in [0.25, 0.3) is 0 Å². The number of nitrogens with zero attached hydrogens (tertiary/aromatic N) is 2. The van der Waals surface area contributed by atoms with Crippen LogP contribution in [0.3, 0.4) is 0 Å². The van der Waals surface area contributed by atoms with Gasteiger partial charge in [0.2, 0.25) is 5.91 Å². The molecule has 2 heterocycles. The zero-order valence-corrected chi connectivity index (χ0v) is 9.79. The van der Waals surface area contributed by atoms with Crippen LogP contribution in [0.5, 0.6) is 0 Å². The van der Waals surface area contributed by atoms with E-state index in [1.165, 1.54) is 11.1 Å². The minimum Gasteiger partial charge on any atom is -0.295 e. The number of carbonyl (C=O) groups is 1. The first-order valence-corrected chi connectivity index (χ1v) is 5.45. The van der Waals surface area contributed by atoms with E-state index in [0.29, 0.717) is 28.8 Å². The van der Waals surface area contributed by atoms with Crippen molar-refractivity contribution < 1.29 is 4.79 Å². The van der Waals surface area contributed by atoms with Crippen molar-refractivity contribution in [2.24, 2.45) is 5.92 Å². The van der Waals surface area contributed by atoms with Gasteiger partial charge in [-0.1, -0.05) is 23.2 Å². The zero-order valence-electron chi connectivity index (χ0n) is 8.28. The Balaban J connectivity index is 2.29. The van der Waals surface area contributed by atoms with Gasteiger partial charge in [0, 0.05) is 31.1 Å². The highest BCUT2D eigenvalue weighted by Gasteiger charge is 2.30. The third kappa shape index (κ3) is 1.99. The van der Waals surface area contributed by atoms with Gasteiger partial charge in [0.05, 0.1) is 10.0 Å². The first-order valence-electron chi connectivity index (χ1n) is 4.69. The molecule has 1 aliphatic rings. The van der Waals surface area contributed by atoms with Gasteiger partial charge in [-0.3, -0.25) is 9.69 Å². The van der Waals surface area contributed by atoms with E-state index in [0.717, 1.165) is 0 Å². The number of amides is 1. The van der Waals surface area contributed by atoms with E-state index in [4.69, 9.17) is 29.6 Å². The number of hydrogen-bond acceptors (Lipinski definition) is 2. The molecule has 0 saturated carbocycles. The average Bonchev–Trinajstić information content (AvgIpc) is 2.64. The van der Waals surface area contributed by atoms with Crippen molar-refractivity contribution in [3.05, 3.63) is 22.3 Å². The molecule has 1 aliphatic heterocycles. The lowest BCUT2D eigenvalue weighted by Gasteiger charge is -2.14. The minimum absolute atomic E-state index is 0.0335. The van der Waals surface area contributed by atoms with Gasteiger partial charge in [0.15, 0.2) is 0 Å². The predicted octanol–water partition coefficient (Wildman–Crippen LogP) is 2.37. The molecule has 0 bridgehead atoms. The molecular weight excluding hydrogens is 247 g/mol. The standard InChI is InChI=1S/C11H8Cl2N2O/c1-2-7-3-11(16)15(6-7)10-4-8(12)9(13)5-14-10/h1,4-5,7H,3,6H2. The second kappa shape index (κ2) is 4.32. The SMILES string of the molecule is C#CC1CC(=O)N(c2cc(Cl)c(Cl)cn2)C1. The second-order valence-electron chi connectivity index (χ2n) is 3.53. The Labute approximate surface area is 103 Å². The van der Waals surface area contributed by atoms with E-state index < -0.39 is 0 Å². The molecule has 1 fully saturated rings. The van der Waals surface area contributed by atoms with Crippen molar-refractivity contribution in [1.29, 1.82) is 0 Å². The molecule has 3 nitrogen and oxygen atoms in total. The Kier molecular flexibility index (Phi) is 3.04. The molecule has 0 radical (unpaired) electrons. The van der Waals surface area contributed by atoms with Crippen LogP contribution in [-0.4, -0.2) is 17.4 Å². The lowest BCUT2D eigenvalue weighted by molar-refractivity contribution is -0.117. The molecule has 1 aromatic heterocycles. The molecule has 0 spiro atoms. The van der Waals surface area contributed by atoms with Crippen LogP contribution in [0, 0.1) is 18.3 Å². The zero-order chi connectivity index (χ0) is 11.7. The molecule has 1 aromatic rings. The quantitative estimate of drug-likeness (QED) is 0.722. The molecular formula is C11H8Cl2N2O. The van der Waals surface area contributed by atoms with Crippen molar-refractivity contribution in [3.63, 3.8) is 0 Å². The molecule has 1 amide bonds. The lowest BCUT2D eigenvalue weighted by atomic mass is 10.1. The summed E-state index contributed by atoms with van der Waals surface area (Å²) in [6.45, 7) is 0.486. The van der Waals surface area contributed by atoms with E-state index >= 15 is 0 Å². The number of carbonyl (C=O) groups excluding carboxylic acids is 1. The number of rotatable bonds is 1. The molecule has 0 N–H and O–H groups in total. The second-order valence-corrected chi connectivity index (χ2v) is 4.34. The van der Waals surface area contributed by atoms with Crippen LogP contribution in [0.1, 0.15) is 6.42 Å². The molecule has 0 aromatic carbocycles. The fourth-order valence-electron chi connectivity index (χ4n) is 1.59. The topological polar surface area (TPSA) is 33.2 Å². The van der Waals surface area contributed by atoms with Gasteiger partial charge in [-0.2, -0.15) is 0 Å². The highest BCUT2D eigenvalue weighted by Crippen LogP contribution is 2.28. The fourth-order valence-corrected chi connectivity index (χ4v) is 1.84. The van der Waals surface area contributed by atoms with Crippen LogP contribution in [0.15, 0.2) is 12.3 Å². The van der Waals surface area contributed by atoms with Crippen LogP contribution < -0.4 is 4.90 Å². The van der Waals surface area contributed by atoms with Gasteiger partial charge in [-0.15, -0.1) is 12.3 Å². The summed E-state index contributed by atoms with van der Waals surface area (Å²) in [5.41, 5.74) is 0. The van der Waals surface area contributed by atoms with Gasteiger partial charge < -0.3 is 0 Å². The van der Waals surface area contributed by atoms with Gasteiger partial charge in [0.1, 0.15) is 5.82 Å². The third-order valence-corrected chi connectivity index (χ3v) is 3.14. The fraction of sp³-hybridized carbons (Fsp3) is 0.273. The maximum Gasteiger partial charge on any atom is 0.229 e. The Morgan fingerprint density at radius 3 is 2.81 bits per heavy atom. The Bertz CT molecular complexity index is 481. The summed E-state index contributed by atoms with van der Waals surface area (Å²) in [4.78, 5) is 17.2. The van der Waals surface area contributed by atoms with Gasteiger partial charge in [-0.05, 0) is 0 Å². The van der Waals surface area contributed by atoms with E-state index in [-0.39, 0.29) is 11.8 Å². The summed E-state index contributed by atoms with van der Waals surface area (Å²) in [6.07, 6.45) is 7.08. The highest BCUT2D eigenvalue weighted by molar-refractivity contribution is 6.42. The van der Waals surface area contributed by atoms with E-state index in [2.05, 4.69) is 10.9 Å². The van der Waals surface area contributed by atoms with E-state index in [1.54, 1.807) is 6.07 Å². The van der Waals surface area contributed by atoms with Crippen LogP contribution in [0.4, 0.5) is 5.82 Å². The molecule has 16 heavy (non-hydrogen) atoms. The normalized spacial score (nSPS) is 19.9. The van der Waals surface area contributed by atoms with Crippen molar-refractivity contribution in [2.75, 3.05) is 11.4 Å². The molecule has 82 valence electrons. The largest absolute Gasteiger partial charge is 0.295 e. The van der Waals surface area contributed by atoms with Crippen LogP contribution >= 0.6 is 23.2 Å². The number of hydrogen-bond donors (Lipinski definition) is 0. The Hall–Kier alpha value is -1.24. The number of halogens is 2. The summed E-state index contributed by atoms with van der Waals surface area (Å²) in [6, 6.07) is 1.57. The van der Waals surface area contributed by atoms with Gasteiger partial charge in [-0.25, -0.2) is 4.98 Å². The highest BCUT2D eigenvalue weighted by atomic mass is 35.5. The molecule has 1 atom stereocenters. The summed E-state index contributed by atoms with van der Waals surface area (Å²) >= 11 is 11.6. The summed E-state index contributed by atoms with van der Waals surface area (Å²) < 4.78 is 0. The lowest BCUT2D eigenvalue weighted by Crippen LogP contribution is -2.25. The number of pyridine rings is 1. The summed E-state index contributed by atoms with van der Waals surface area (Å²) in [7, 11) is 0. The average molecular weight is 255 g/mol. The monoisotopic (exact) mass is 254 g/mol. The minimum atomic E-state index is -0.0521. The maximum absolute atomic E-state index is 11.7. The van der Waals surface area contributed by atoms with Gasteiger partial charge >= 0.3 is 0 Å². The van der Waals surface area contributed by atoms with E-state index in [9.17, 15) is 4.79 Å². The number of anilines is 1. The number of terminal acetylenes is 1. The molecule has 1 unspecified atom stereocenters. The summed E-state index contributed by atoms with van der Waals surface area (Å²) in [5.74, 6) is 2.98. The van der Waals surface area contributed by atoms with Crippen molar-refractivity contribution in [1.82, 2.24) is 4.98 Å². The molecule has 2 rings (SSSR count). The molecule has 0 aliphatic carbocycles. The molecule has 5 heteroatoms. The Morgan fingerprint density at radius 2 is 2.25 bits per heavy atom. The van der Waals surface area contributed by atoms with Crippen LogP contribution in [0.2, 0.25) is 10.0 Å². The van der Waals surface area contributed by atoms with Gasteiger partial charge in [0.25, 0.3) is 0 Å². The number of aromatic nitrogens is 1. The van der Waals surface area contributed by atoms with Crippen molar-refractivity contribution in [2.45, 2.75) is 6.42 Å². The maximum atomic E-state index is 11.7. The first-order chi connectivity index (χ1) is 7.61. The smallest absolute Gasteiger partial charge is 0.229 e. The van der Waals surface area contributed by atoms with Crippen LogP contribution in [-0.2, 0) is 4.79 Å². The first kappa shape index (κ1) is 11.3. The summed E-state index contributed by atoms with van der Waals surface area (Å²) in [5, 5.41) is 0.745.